The van der Waals surface area contributed by atoms with Gasteiger partial charge in [0.2, 0.25) is 0 Å². The van der Waals surface area contributed by atoms with Crippen LogP contribution in [0.3, 0.4) is 0 Å². The van der Waals surface area contributed by atoms with Crippen molar-refractivity contribution in [1.82, 2.24) is 15.2 Å². The lowest BCUT2D eigenvalue weighted by atomic mass is 9.90. The number of hydrogen-bond acceptors (Lipinski definition) is 2. The molecule has 0 saturated carbocycles. The van der Waals surface area contributed by atoms with Gasteiger partial charge in [0.15, 0.2) is 0 Å². The molecule has 0 bridgehead atoms. The molecular weight excluding hydrogens is 338 g/mol. The summed E-state index contributed by atoms with van der Waals surface area (Å²) < 4.78 is 0. The number of carbonyl (C=O) groups excluding carboxylic acids is 2. The number of aromatic nitrogens is 1. The van der Waals surface area contributed by atoms with E-state index in [1.165, 1.54) is 5.56 Å². The van der Waals surface area contributed by atoms with Crippen molar-refractivity contribution in [2.45, 2.75) is 19.3 Å². The van der Waals surface area contributed by atoms with Crippen molar-refractivity contribution >= 4 is 22.8 Å². The number of carbonyl (C=O) groups is 2. The third-order valence-electron chi connectivity index (χ3n) is 5.30. The van der Waals surface area contributed by atoms with Gasteiger partial charge in [-0.05, 0) is 55.0 Å². The average Bonchev–Trinajstić information content (AvgIpc) is 3.17. The van der Waals surface area contributed by atoms with Crippen molar-refractivity contribution in [3.8, 4) is 0 Å². The summed E-state index contributed by atoms with van der Waals surface area (Å²) in [6, 6.07) is 17.4. The highest BCUT2D eigenvalue weighted by atomic mass is 16.2. The second-order valence-corrected chi connectivity index (χ2v) is 7.16. The van der Waals surface area contributed by atoms with E-state index in [-0.39, 0.29) is 11.9 Å². The molecule has 2 N–H and O–H groups in total. The molecule has 0 radical (unpaired) electrons. The van der Waals surface area contributed by atoms with Gasteiger partial charge in [-0.1, -0.05) is 30.3 Å². The van der Waals surface area contributed by atoms with Crippen molar-refractivity contribution in [2.75, 3.05) is 13.1 Å². The third kappa shape index (κ3) is 4.03. The number of hydrogen-bond donors (Lipinski definition) is 2. The van der Waals surface area contributed by atoms with Crippen LogP contribution in [0.1, 0.15) is 28.8 Å². The molecule has 2 aromatic carbocycles. The summed E-state index contributed by atoms with van der Waals surface area (Å²) in [5.41, 5.74) is 2.81. The van der Waals surface area contributed by atoms with E-state index in [1.54, 1.807) is 17.0 Å². The van der Waals surface area contributed by atoms with Gasteiger partial charge in [0.25, 0.3) is 5.91 Å². The summed E-state index contributed by atoms with van der Waals surface area (Å²) in [5, 5.41) is 3.48. The van der Waals surface area contributed by atoms with E-state index in [2.05, 4.69) is 34.6 Å². The first kappa shape index (κ1) is 17.3. The first-order chi connectivity index (χ1) is 13.2. The molecule has 0 aliphatic carbocycles. The van der Waals surface area contributed by atoms with E-state index in [9.17, 15) is 9.59 Å². The zero-order valence-corrected chi connectivity index (χ0v) is 15.2. The quantitative estimate of drug-likeness (QED) is 0.741. The van der Waals surface area contributed by atoms with Crippen LogP contribution in [0.25, 0.3) is 10.9 Å². The Morgan fingerprint density at radius 2 is 1.81 bits per heavy atom. The number of rotatable bonds is 3. The lowest BCUT2D eigenvalue weighted by molar-refractivity contribution is 0.0945. The maximum absolute atomic E-state index is 12.4. The Kier molecular flexibility index (Phi) is 4.92. The highest BCUT2D eigenvalue weighted by Gasteiger charge is 2.24. The molecule has 27 heavy (non-hydrogen) atoms. The Bertz CT molecular complexity index is 940. The third-order valence-corrected chi connectivity index (χ3v) is 5.30. The zero-order valence-electron chi connectivity index (χ0n) is 15.2. The van der Waals surface area contributed by atoms with E-state index in [4.69, 9.17) is 0 Å². The second-order valence-electron chi connectivity index (χ2n) is 7.16. The molecule has 1 saturated heterocycles. The number of amides is 3. The summed E-state index contributed by atoms with van der Waals surface area (Å²) in [7, 11) is 0. The summed E-state index contributed by atoms with van der Waals surface area (Å²) in [6.45, 7) is 1.38. The van der Waals surface area contributed by atoms with Crippen molar-refractivity contribution in [2.24, 2.45) is 5.92 Å². The fourth-order valence-electron chi connectivity index (χ4n) is 3.73. The highest BCUT2D eigenvalue weighted by Crippen LogP contribution is 2.22. The van der Waals surface area contributed by atoms with E-state index >= 15 is 0 Å². The van der Waals surface area contributed by atoms with Crippen LogP contribution in [0.4, 0.5) is 4.79 Å². The minimum atomic E-state index is -0.352. The minimum absolute atomic E-state index is 0.299. The number of urea groups is 1. The Hall–Kier alpha value is -3.08. The van der Waals surface area contributed by atoms with Crippen molar-refractivity contribution in [3.05, 3.63) is 71.9 Å². The molecule has 0 spiro atoms. The number of piperidine rings is 1. The Labute approximate surface area is 158 Å². The van der Waals surface area contributed by atoms with Gasteiger partial charge < -0.3 is 9.88 Å². The summed E-state index contributed by atoms with van der Waals surface area (Å²) in [4.78, 5) is 29.7. The van der Waals surface area contributed by atoms with Crippen molar-refractivity contribution in [3.63, 3.8) is 0 Å². The molecule has 3 amide bonds. The number of imide groups is 1. The molecule has 1 aromatic heterocycles. The molecule has 2 heterocycles. The summed E-state index contributed by atoms with van der Waals surface area (Å²) >= 11 is 0. The lowest BCUT2D eigenvalue weighted by Crippen LogP contribution is -2.46. The number of benzene rings is 2. The van der Waals surface area contributed by atoms with E-state index < -0.39 is 0 Å². The number of fused-ring (bicyclic) bond motifs is 1. The molecule has 1 aliphatic rings. The minimum Gasteiger partial charge on any atom is -0.361 e. The van der Waals surface area contributed by atoms with Gasteiger partial charge >= 0.3 is 6.03 Å². The van der Waals surface area contributed by atoms with Gasteiger partial charge in [0, 0.05) is 35.8 Å². The fraction of sp³-hybridized carbons (Fsp3) is 0.273. The predicted molar refractivity (Wildman–Crippen MR) is 106 cm³/mol. The molecular formula is C22H23N3O2. The molecule has 138 valence electrons. The molecule has 0 unspecified atom stereocenters. The molecule has 0 atom stereocenters. The Morgan fingerprint density at radius 1 is 1.04 bits per heavy atom. The van der Waals surface area contributed by atoms with Crippen LogP contribution in [0.15, 0.2) is 60.8 Å². The van der Waals surface area contributed by atoms with Gasteiger partial charge in [-0.2, -0.15) is 0 Å². The Morgan fingerprint density at radius 3 is 2.59 bits per heavy atom. The largest absolute Gasteiger partial charge is 0.361 e. The Balaban J connectivity index is 1.30. The molecule has 3 aromatic rings. The fourth-order valence-corrected chi connectivity index (χ4v) is 3.73. The first-order valence-corrected chi connectivity index (χ1v) is 9.40. The zero-order chi connectivity index (χ0) is 18.6. The van der Waals surface area contributed by atoms with Gasteiger partial charge in [-0.25, -0.2) is 4.79 Å². The van der Waals surface area contributed by atoms with Crippen LogP contribution in [0.2, 0.25) is 0 Å². The molecule has 5 nitrogen and oxygen atoms in total. The molecule has 1 fully saturated rings. The number of likely N-dealkylation sites (tertiary alicyclic amines) is 1. The average molecular weight is 361 g/mol. The van der Waals surface area contributed by atoms with Crippen LogP contribution in [0, 0.1) is 5.92 Å². The van der Waals surface area contributed by atoms with E-state index in [0.29, 0.717) is 24.6 Å². The van der Waals surface area contributed by atoms with Gasteiger partial charge in [-0.3, -0.25) is 10.1 Å². The number of aromatic amines is 1. The van der Waals surface area contributed by atoms with Crippen molar-refractivity contribution in [1.29, 1.82) is 0 Å². The highest BCUT2D eigenvalue weighted by molar-refractivity contribution is 6.05. The van der Waals surface area contributed by atoms with E-state index in [0.717, 1.165) is 30.2 Å². The number of H-pyrrole nitrogens is 1. The van der Waals surface area contributed by atoms with Crippen LogP contribution in [-0.2, 0) is 6.42 Å². The maximum atomic E-state index is 12.4. The van der Waals surface area contributed by atoms with Crippen LogP contribution in [-0.4, -0.2) is 34.9 Å². The topological polar surface area (TPSA) is 65.2 Å². The maximum Gasteiger partial charge on any atom is 0.324 e. The van der Waals surface area contributed by atoms with Gasteiger partial charge in [0.1, 0.15) is 0 Å². The first-order valence-electron chi connectivity index (χ1n) is 9.40. The summed E-state index contributed by atoms with van der Waals surface area (Å²) in [5.74, 6) is 0.234. The standard InChI is InChI=1S/C22H23N3O2/c26-21(19-6-7-20-18(15-19)8-11-23-20)24-22(27)25-12-9-17(10-13-25)14-16-4-2-1-3-5-16/h1-8,11,15,17,23H,9-10,12-14H2,(H,24,26,27). The van der Waals surface area contributed by atoms with E-state index in [1.807, 2.05) is 24.4 Å². The number of nitrogens with one attached hydrogen (secondary N) is 2. The summed E-state index contributed by atoms with van der Waals surface area (Å²) in [6.07, 6.45) is 4.81. The normalized spacial score (nSPS) is 15.0. The molecule has 4 rings (SSSR count). The second kappa shape index (κ2) is 7.66. The smallest absolute Gasteiger partial charge is 0.324 e. The number of nitrogens with zero attached hydrogens (tertiary/aromatic N) is 1. The molecule has 5 heteroatoms. The SMILES string of the molecule is O=C(NC(=O)N1CCC(Cc2ccccc2)CC1)c1ccc2[nH]ccc2c1. The van der Waals surface area contributed by atoms with Crippen LogP contribution >= 0.6 is 0 Å². The predicted octanol–water partition coefficient (Wildman–Crippen LogP) is 3.97. The van der Waals surface area contributed by atoms with Gasteiger partial charge in [-0.15, -0.1) is 0 Å². The lowest BCUT2D eigenvalue weighted by Gasteiger charge is -2.31. The van der Waals surface area contributed by atoms with Gasteiger partial charge in [0.05, 0.1) is 0 Å². The molecule has 1 aliphatic heterocycles. The monoisotopic (exact) mass is 361 g/mol. The van der Waals surface area contributed by atoms with Crippen molar-refractivity contribution < 1.29 is 9.59 Å². The van der Waals surface area contributed by atoms with Crippen LogP contribution in [0.5, 0.6) is 0 Å². The van der Waals surface area contributed by atoms with Crippen LogP contribution < -0.4 is 5.32 Å².